The van der Waals surface area contributed by atoms with E-state index in [1.807, 2.05) is 0 Å². The molecular formula is C17H17F3N4O2S. The molecule has 0 saturated carbocycles. The fraction of sp³-hybridized carbons (Fsp3) is 0.235. The van der Waals surface area contributed by atoms with Crippen molar-refractivity contribution >= 4 is 26.7 Å². The largest absolute Gasteiger partial charge is 0.416 e. The number of nitrogens with zero attached hydrogens (tertiary/aromatic N) is 3. The lowest BCUT2D eigenvalue weighted by Gasteiger charge is -2.09. The number of sulfonamides is 1. The fourth-order valence-electron chi connectivity index (χ4n) is 2.69. The lowest BCUT2D eigenvalue weighted by atomic mass is 10.2. The molecule has 0 aliphatic heterocycles. The van der Waals surface area contributed by atoms with E-state index in [0.29, 0.717) is 22.4 Å². The van der Waals surface area contributed by atoms with Crippen LogP contribution in [0.3, 0.4) is 0 Å². The maximum absolute atomic E-state index is 12.8. The van der Waals surface area contributed by atoms with E-state index in [2.05, 4.69) is 9.82 Å². The first-order valence-electron chi connectivity index (χ1n) is 7.86. The third kappa shape index (κ3) is 3.50. The summed E-state index contributed by atoms with van der Waals surface area (Å²) in [6, 6.07) is 9.12. The van der Waals surface area contributed by atoms with Crippen molar-refractivity contribution in [1.29, 1.82) is 0 Å². The number of nitrogens with one attached hydrogen (secondary N) is 1. The maximum Gasteiger partial charge on any atom is 0.416 e. The third-order valence-electron chi connectivity index (χ3n) is 4.07. The third-order valence-corrected chi connectivity index (χ3v) is 5.49. The zero-order chi connectivity index (χ0) is 20.0. The monoisotopic (exact) mass is 398 g/mol. The highest BCUT2D eigenvalue weighted by molar-refractivity contribution is 7.89. The molecule has 10 heteroatoms. The van der Waals surface area contributed by atoms with Gasteiger partial charge in [0.05, 0.1) is 21.7 Å². The van der Waals surface area contributed by atoms with Crippen LogP contribution in [0.25, 0.3) is 16.6 Å². The molecule has 0 bridgehead atoms. The van der Waals surface area contributed by atoms with Gasteiger partial charge in [0.15, 0.2) is 5.82 Å². The van der Waals surface area contributed by atoms with Gasteiger partial charge in [0.2, 0.25) is 10.0 Å². The molecule has 1 heterocycles. The summed E-state index contributed by atoms with van der Waals surface area (Å²) in [5.74, 6) is 0.498. The Balaban J connectivity index is 2.20. The molecule has 1 N–H and O–H groups in total. The number of fused-ring (bicyclic) bond motifs is 1. The van der Waals surface area contributed by atoms with Crippen LogP contribution in [0.5, 0.6) is 0 Å². The molecule has 0 atom stereocenters. The maximum atomic E-state index is 12.8. The summed E-state index contributed by atoms with van der Waals surface area (Å²) in [6.45, 7) is 0. The number of anilines is 1. The van der Waals surface area contributed by atoms with E-state index in [0.717, 1.165) is 12.1 Å². The molecule has 0 spiro atoms. The molecule has 3 rings (SSSR count). The van der Waals surface area contributed by atoms with Gasteiger partial charge in [-0.1, -0.05) is 0 Å². The van der Waals surface area contributed by atoms with Crippen LogP contribution in [-0.4, -0.2) is 39.3 Å². The summed E-state index contributed by atoms with van der Waals surface area (Å²) < 4.78 is 66.2. The fourth-order valence-corrected chi connectivity index (χ4v) is 3.44. The van der Waals surface area contributed by atoms with Crippen LogP contribution in [-0.2, 0) is 16.2 Å². The van der Waals surface area contributed by atoms with Crippen LogP contribution < -0.4 is 9.62 Å². The number of halogens is 3. The molecule has 2 aromatic carbocycles. The molecule has 0 saturated heterocycles. The molecule has 0 aliphatic rings. The smallest absolute Gasteiger partial charge is 0.361 e. The molecule has 0 aliphatic carbocycles. The van der Waals surface area contributed by atoms with E-state index in [1.54, 1.807) is 25.1 Å². The second kappa shape index (κ2) is 6.54. The number of alkyl halides is 3. The van der Waals surface area contributed by atoms with Gasteiger partial charge in [-0.15, -0.1) is 5.10 Å². The van der Waals surface area contributed by atoms with Crippen LogP contribution in [0.4, 0.5) is 19.0 Å². The van der Waals surface area contributed by atoms with Crippen LogP contribution in [0.2, 0.25) is 0 Å². The number of benzene rings is 2. The van der Waals surface area contributed by atoms with Gasteiger partial charge in [-0.3, -0.25) is 0 Å². The van der Waals surface area contributed by atoms with Gasteiger partial charge in [0, 0.05) is 19.5 Å². The predicted octanol–water partition coefficient (Wildman–Crippen LogP) is 3.02. The van der Waals surface area contributed by atoms with E-state index in [9.17, 15) is 21.6 Å². The Labute approximate surface area is 154 Å². The minimum absolute atomic E-state index is 0.0765. The summed E-state index contributed by atoms with van der Waals surface area (Å²) in [5, 5.41) is 5.01. The Hall–Kier alpha value is -2.59. The zero-order valence-corrected chi connectivity index (χ0v) is 15.6. The van der Waals surface area contributed by atoms with Crippen LogP contribution in [0.1, 0.15) is 5.56 Å². The number of rotatable bonds is 4. The van der Waals surface area contributed by atoms with E-state index in [4.69, 9.17) is 0 Å². The number of hydrogen-bond acceptors (Lipinski definition) is 4. The average molecular weight is 398 g/mol. The van der Waals surface area contributed by atoms with Gasteiger partial charge in [-0.25, -0.2) is 17.8 Å². The highest BCUT2D eigenvalue weighted by Crippen LogP contribution is 2.32. The molecule has 27 heavy (non-hydrogen) atoms. The van der Waals surface area contributed by atoms with Crippen molar-refractivity contribution < 1.29 is 21.6 Å². The first-order valence-corrected chi connectivity index (χ1v) is 9.34. The summed E-state index contributed by atoms with van der Waals surface area (Å²) in [4.78, 5) is 1.78. The van der Waals surface area contributed by atoms with Gasteiger partial charge in [0.1, 0.15) is 0 Å². The van der Waals surface area contributed by atoms with Crippen LogP contribution in [0, 0.1) is 0 Å². The van der Waals surface area contributed by atoms with Gasteiger partial charge in [-0.05, 0) is 49.5 Å². The Morgan fingerprint density at radius 3 is 2.22 bits per heavy atom. The molecule has 0 amide bonds. The molecule has 144 valence electrons. The van der Waals surface area contributed by atoms with Crippen molar-refractivity contribution in [2.24, 2.45) is 0 Å². The van der Waals surface area contributed by atoms with E-state index >= 15 is 0 Å². The standard InChI is InChI=1S/C17H17F3N4O2S/c1-21-27(25,26)13-8-9-15-14(10-13)16(23(2)3)22-24(15)12-6-4-11(5-7-12)17(18,19)20/h4-10,21H,1-3H3. The van der Waals surface area contributed by atoms with E-state index < -0.39 is 21.8 Å². The molecule has 0 unspecified atom stereocenters. The predicted molar refractivity (Wildman–Crippen MR) is 96.6 cm³/mol. The van der Waals surface area contributed by atoms with Crippen molar-refractivity contribution in [2.75, 3.05) is 26.0 Å². The Morgan fingerprint density at radius 1 is 1.07 bits per heavy atom. The first kappa shape index (κ1) is 19.2. The second-order valence-electron chi connectivity index (χ2n) is 6.06. The lowest BCUT2D eigenvalue weighted by molar-refractivity contribution is -0.137. The van der Waals surface area contributed by atoms with Gasteiger partial charge in [-0.2, -0.15) is 13.2 Å². The highest BCUT2D eigenvalue weighted by Gasteiger charge is 2.30. The molecule has 1 aromatic heterocycles. The molecular weight excluding hydrogens is 381 g/mol. The Kier molecular flexibility index (Phi) is 4.64. The minimum Gasteiger partial charge on any atom is -0.361 e. The van der Waals surface area contributed by atoms with Crippen molar-refractivity contribution in [3.63, 3.8) is 0 Å². The van der Waals surface area contributed by atoms with Crippen molar-refractivity contribution in [1.82, 2.24) is 14.5 Å². The van der Waals surface area contributed by atoms with E-state index in [-0.39, 0.29) is 4.90 Å². The zero-order valence-electron chi connectivity index (χ0n) is 14.7. The summed E-state index contributed by atoms with van der Waals surface area (Å²) in [6.07, 6.45) is -4.42. The van der Waals surface area contributed by atoms with Crippen LogP contribution in [0.15, 0.2) is 47.4 Å². The number of hydrogen-bond donors (Lipinski definition) is 1. The molecule has 6 nitrogen and oxygen atoms in total. The average Bonchev–Trinajstić information content (AvgIpc) is 3.00. The van der Waals surface area contributed by atoms with Crippen molar-refractivity contribution in [3.05, 3.63) is 48.0 Å². The van der Waals surface area contributed by atoms with Crippen LogP contribution >= 0.6 is 0 Å². The number of aromatic nitrogens is 2. The SMILES string of the molecule is CNS(=O)(=O)c1ccc2c(c1)c(N(C)C)nn2-c1ccc(C(F)(F)F)cc1. The lowest BCUT2D eigenvalue weighted by Crippen LogP contribution is -2.18. The highest BCUT2D eigenvalue weighted by atomic mass is 32.2. The quantitative estimate of drug-likeness (QED) is 0.734. The molecule has 3 aromatic rings. The minimum atomic E-state index is -4.42. The van der Waals surface area contributed by atoms with Gasteiger partial charge >= 0.3 is 6.18 Å². The Morgan fingerprint density at radius 2 is 1.70 bits per heavy atom. The summed E-state index contributed by atoms with van der Waals surface area (Å²) in [5.41, 5.74) is 0.261. The molecule has 0 fully saturated rings. The topological polar surface area (TPSA) is 67.2 Å². The van der Waals surface area contributed by atoms with Gasteiger partial charge in [0.25, 0.3) is 0 Å². The Bertz CT molecular complexity index is 1090. The normalized spacial score (nSPS) is 12.5. The first-order chi connectivity index (χ1) is 12.5. The van der Waals surface area contributed by atoms with E-state index in [1.165, 1.54) is 36.0 Å². The van der Waals surface area contributed by atoms with Crippen molar-refractivity contribution in [2.45, 2.75) is 11.1 Å². The molecule has 0 radical (unpaired) electrons. The van der Waals surface area contributed by atoms with Gasteiger partial charge < -0.3 is 4.90 Å². The second-order valence-corrected chi connectivity index (χ2v) is 7.95. The van der Waals surface area contributed by atoms with Crippen molar-refractivity contribution in [3.8, 4) is 5.69 Å². The summed E-state index contributed by atoms with van der Waals surface area (Å²) >= 11 is 0. The summed E-state index contributed by atoms with van der Waals surface area (Å²) in [7, 11) is 1.17.